The zero-order valence-electron chi connectivity index (χ0n) is 19.5. The zero-order chi connectivity index (χ0) is 20.9. The quantitative estimate of drug-likeness (QED) is 0.157. The second-order valence-corrected chi connectivity index (χ2v) is 10.0. The van der Waals surface area contributed by atoms with Crippen LogP contribution in [-0.4, -0.2) is 29.9 Å². The average molecular weight is 443 g/mol. The van der Waals surface area contributed by atoms with Gasteiger partial charge in [0.25, 0.3) is 0 Å². The number of unbranched alkanes of at least 4 members (excludes halogenated alkanes) is 16. The summed E-state index contributed by atoms with van der Waals surface area (Å²) in [6, 6.07) is 0. The molecule has 0 amide bonds. The summed E-state index contributed by atoms with van der Waals surface area (Å²) in [5.41, 5.74) is 0. The maximum Gasteiger partial charge on any atom is 1.00 e. The van der Waals surface area contributed by atoms with Gasteiger partial charge in [-0.2, -0.15) is 0 Å². The summed E-state index contributed by atoms with van der Waals surface area (Å²) in [6.07, 6.45) is 23.7. The van der Waals surface area contributed by atoms with Crippen LogP contribution in [-0.2, 0) is 10.1 Å². The Hall–Kier alpha value is 0.870. The van der Waals surface area contributed by atoms with Gasteiger partial charge in [0.1, 0.15) is 0 Å². The van der Waals surface area contributed by atoms with Gasteiger partial charge in [0, 0.05) is 5.75 Å². The Labute approximate surface area is 204 Å². The molecule has 6 heteroatoms. The molecule has 0 saturated carbocycles. The number of hydrogen-bond acceptors (Lipinski definition) is 4. The molecule has 0 spiro atoms. The van der Waals surface area contributed by atoms with E-state index in [1.807, 2.05) is 0 Å². The van der Waals surface area contributed by atoms with Gasteiger partial charge in [0.05, 0.1) is 16.2 Å². The molecule has 0 rings (SSSR count). The van der Waals surface area contributed by atoms with E-state index in [1.54, 1.807) is 0 Å². The molecule has 29 heavy (non-hydrogen) atoms. The van der Waals surface area contributed by atoms with Crippen molar-refractivity contribution in [2.24, 2.45) is 0 Å². The summed E-state index contributed by atoms with van der Waals surface area (Å²) in [5.74, 6) is -0.198. The fourth-order valence-electron chi connectivity index (χ4n) is 3.79. The van der Waals surface area contributed by atoms with Crippen molar-refractivity contribution in [3.63, 3.8) is 0 Å². The summed E-state index contributed by atoms with van der Waals surface area (Å²) in [6.45, 7) is 2.13. The third-order valence-corrected chi connectivity index (χ3v) is 6.34. The zero-order valence-corrected chi connectivity index (χ0v) is 22.3. The molecular weight excluding hydrogens is 395 g/mol. The Morgan fingerprint density at radius 2 is 0.931 bits per heavy atom. The average Bonchev–Trinajstić information content (AvgIpc) is 2.63. The summed E-state index contributed by atoms with van der Waals surface area (Å²) in [4.78, 5) is 0. The van der Waals surface area contributed by atoms with Gasteiger partial charge < -0.3 is 9.66 Å². The third-order valence-electron chi connectivity index (χ3n) is 5.55. The van der Waals surface area contributed by atoms with Crippen LogP contribution in [0, 0.1) is 0 Å². The summed E-state index contributed by atoms with van der Waals surface area (Å²) in [5, 5.41) is 9.68. The first-order chi connectivity index (χ1) is 13.5. The molecule has 0 aromatic carbocycles. The molecule has 1 atom stereocenters. The van der Waals surface area contributed by atoms with Crippen LogP contribution in [0.25, 0.3) is 0 Å². The Balaban J connectivity index is 0. The predicted molar refractivity (Wildman–Crippen MR) is 119 cm³/mol. The Morgan fingerprint density at radius 3 is 1.24 bits per heavy atom. The topological polar surface area (TPSA) is 77.4 Å². The van der Waals surface area contributed by atoms with Crippen molar-refractivity contribution in [3.05, 3.63) is 0 Å². The number of aliphatic hydroxyl groups excluding tert-OH is 1. The Bertz CT molecular complexity index is 415. The van der Waals surface area contributed by atoms with Crippen molar-refractivity contribution in [2.45, 2.75) is 141 Å². The van der Waals surface area contributed by atoms with Crippen LogP contribution in [0.2, 0.25) is 0 Å². The molecule has 170 valence electrons. The predicted octanol–water partition coefficient (Wildman–Crippen LogP) is 3.72. The van der Waals surface area contributed by atoms with Crippen molar-refractivity contribution >= 4 is 10.1 Å². The van der Waals surface area contributed by atoms with Crippen molar-refractivity contribution < 1.29 is 47.6 Å². The van der Waals surface area contributed by atoms with Gasteiger partial charge in [0.15, 0.2) is 0 Å². The molecule has 0 heterocycles. The molecule has 1 N–H and O–H groups in total. The van der Waals surface area contributed by atoms with Crippen LogP contribution in [0.4, 0.5) is 0 Å². The van der Waals surface area contributed by atoms with E-state index in [2.05, 4.69) is 6.92 Å². The second-order valence-electron chi connectivity index (χ2n) is 8.50. The molecule has 0 aliphatic carbocycles. The van der Waals surface area contributed by atoms with Gasteiger partial charge in [-0.3, -0.25) is 0 Å². The van der Waals surface area contributed by atoms with E-state index in [4.69, 9.17) is 0 Å². The molecule has 0 aromatic rings. The Kier molecular flexibility index (Phi) is 26.0. The van der Waals surface area contributed by atoms with Crippen LogP contribution in [0.3, 0.4) is 0 Å². The van der Waals surface area contributed by atoms with Crippen molar-refractivity contribution in [3.8, 4) is 0 Å². The molecule has 0 fully saturated rings. The fourth-order valence-corrected chi connectivity index (χ4v) is 4.35. The molecule has 0 saturated heterocycles. The number of aliphatic hydroxyl groups is 1. The summed E-state index contributed by atoms with van der Waals surface area (Å²) < 4.78 is 31.4. The van der Waals surface area contributed by atoms with Gasteiger partial charge >= 0.3 is 29.6 Å². The monoisotopic (exact) mass is 442 g/mol. The molecule has 0 radical (unpaired) electrons. The van der Waals surface area contributed by atoms with Gasteiger partial charge in [-0.15, -0.1) is 0 Å². The van der Waals surface area contributed by atoms with E-state index in [0.29, 0.717) is 6.42 Å². The van der Waals surface area contributed by atoms with E-state index in [1.165, 1.54) is 83.5 Å². The van der Waals surface area contributed by atoms with Crippen LogP contribution in [0.5, 0.6) is 0 Å². The SMILES string of the molecule is CCCC(O)CCCCCCCCCCCCCCCCCCCS(=O)(=O)[O-].[Na+]. The first-order valence-corrected chi connectivity index (χ1v) is 13.6. The van der Waals surface area contributed by atoms with Gasteiger partial charge in [-0.1, -0.05) is 116 Å². The smallest absolute Gasteiger partial charge is 0.748 e. The van der Waals surface area contributed by atoms with Crippen LogP contribution >= 0.6 is 0 Å². The number of rotatable bonds is 22. The van der Waals surface area contributed by atoms with Gasteiger partial charge in [-0.05, 0) is 19.3 Å². The molecule has 0 bridgehead atoms. The van der Waals surface area contributed by atoms with Gasteiger partial charge in [-0.25, -0.2) is 8.42 Å². The fraction of sp³-hybridized carbons (Fsp3) is 1.00. The molecule has 4 nitrogen and oxygen atoms in total. The first-order valence-electron chi connectivity index (χ1n) is 12.1. The largest absolute Gasteiger partial charge is 1.00 e. The minimum Gasteiger partial charge on any atom is -0.748 e. The first kappa shape index (κ1) is 32.1. The summed E-state index contributed by atoms with van der Waals surface area (Å²) in [7, 11) is -4.01. The van der Waals surface area contributed by atoms with Gasteiger partial charge in [0.2, 0.25) is 0 Å². The third kappa shape index (κ3) is 28.9. The molecule has 0 aliphatic heterocycles. The maximum absolute atomic E-state index is 10.5. The van der Waals surface area contributed by atoms with E-state index >= 15 is 0 Å². The van der Waals surface area contributed by atoms with E-state index < -0.39 is 10.1 Å². The van der Waals surface area contributed by atoms with Crippen molar-refractivity contribution in [1.82, 2.24) is 0 Å². The minimum atomic E-state index is -4.01. The van der Waals surface area contributed by atoms with Crippen molar-refractivity contribution in [1.29, 1.82) is 0 Å². The van der Waals surface area contributed by atoms with E-state index in [9.17, 15) is 18.1 Å². The standard InChI is InChI=1S/C23H48O4S.Na/c1-2-20-23(24)21-18-16-14-12-10-8-6-4-3-5-7-9-11-13-15-17-19-22-28(25,26)27;/h23-24H,2-22H2,1H3,(H,25,26,27);/q;+1/p-1. The molecule has 0 aliphatic rings. The van der Waals surface area contributed by atoms with E-state index in [0.717, 1.165) is 38.5 Å². The minimum absolute atomic E-state index is 0. The second kappa shape index (κ2) is 23.5. The van der Waals surface area contributed by atoms with Crippen LogP contribution in [0.15, 0.2) is 0 Å². The molecule has 1 unspecified atom stereocenters. The molecular formula is C23H47NaO4S. The molecule has 0 aromatic heterocycles. The maximum atomic E-state index is 10.5. The number of hydrogen-bond donors (Lipinski definition) is 1. The van der Waals surface area contributed by atoms with E-state index in [-0.39, 0.29) is 41.4 Å². The van der Waals surface area contributed by atoms with Crippen LogP contribution in [0.1, 0.15) is 135 Å². The summed E-state index contributed by atoms with van der Waals surface area (Å²) >= 11 is 0. The van der Waals surface area contributed by atoms with Crippen LogP contribution < -0.4 is 29.6 Å². The normalized spacial score (nSPS) is 12.7. The van der Waals surface area contributed by atoms with Crippen molar-refractivity contribution in [2.75, 3.05) is 5.75 Å². The Morgan fingerprint density at radius 1 is 0.621 bits per heavy atom.